The van der Waals surface area contributed by atoms with Crippen molar-refractivity contribution in [2.75, 3.05) is 0 Å². The van der Waals surface area contributed by atoms with Crippen LogP contribution in [0.15, 0.2) is 0 Å². The Labute approximate surface area is 73.9 Å². The topological polar surface area (TPSA) is 29.5 Å². The van der Waals surface area contributed by atoms with E-state index in [1.54, 1.807) is 0 Å². The van der Waals surface area contributed by atoms with Gasteiger partial charge in [-0.15, -0.1) is 0 Å². The molecule has 12 heavy (non-hydrogen) atoms. The van der Waals surface area contributed by atoms with Gasteiger partial charge in [-0.2, -0.15) is 0 Å². The van der Waals surface area contributed by atoms with E-state index < -0.39 is 0 Å². The fourth-order valence-electron chi connectivity index (χ4n) is 2.51. The summed E-state index contributed by atoms with van der Waals surface area (Å²) in [6.45, 7) is 1.84. The van der Waals surface area contributed by atoms with Crippen LogP contribution in [0.4, 0.5) is 0 Å². The van der Waals surface area contributed by atoms with Gasteiger partial charge in [0.2, 0.25) is 0 Å². The quantitative estimate of drug-likeness (QED) is 0.649. The molecule has 70 valence electrons. The molecule has 4 atom stereocenters. The van der Waals surface area contributed by atoms with E-state index in [1.165, 1.54) is 25.7 Å². The number of aliphatic hydroxyl groups is 1. The van der Waals surface area contributed by atoms with Crippen molar-refractivity contribution in [3.05, 3.63) is 0 Å². The first-order chi connectivity index (χ1) is 5.77. The lowest BCUT2D eigenvalue weighted by Crippen LogP contribution is -2.23. The number of aliphatic hydroxyl groups excluding tert-OH is 1. The van der Waals surface area contributed by atoms with Gasteiger partial charge in [0.25, 0.3) is 0 Å². The SMILES string of the molecule is C[C@@H](O)[C@@H]1C[C@@H]2CCCC[C@H]2O1. The maximum atomic E-state index is 9.37. The first-order valence-corrected chi connectivity index (χ1v) is 5.11. The molecule has 2 heteroatoms. The smallest absolute Gasteiger partial charge is 0.0838 e. The van der Waals surface area contributed by atoms with Crippen molar-refractivity contribution < 1.29 is 9.84 Å². The molecule has 1 saturated carbocycles. The second-order valence-corrected chi connectivity index (χ2v) is 4.23. The monoisotopic (exact) mass is 170 g/mol. The lowest BCUT2D eigenvalue weighted by Gasteiger charge is -2.23. The molecule has 2 rings (SSSR count). The summed E-state index contributed by atoms with van der Waals surface area (Å²) in [5.41, 5.74) is 0. The molecular formula is C10H18O2. The van der Waals surface area contributed by atoms with Gasteiger partial charge in [0, 0.05) is 0 Å². The van der Waals surface area contributed by atoms with Gasteiger partial charge in [0.1, 0.15) is 0 Å². The molecule has 0 spiro atoms. The summed E-state index contributed by atoms with van der Waals surface area (Å²) in [6.07, 6.45) is 6.60. The van der Waals surface area contributed by atoms with Crippen molar-refractivity contribution >= 4 is 0 Å². The van der Waals surface area contributed by atoms with Crippen LogP contribution in [0.25, 0.3) is 0 Å². The molecule has 0 unspecified atom stereocenters. The van der Waals surface area contributed by atoms with Crippen LogP contribution in [0.5, 0.6) is 0 Å². The average Bonchev–Trinajstić information content (AvgIpc) is 2.46. The van der Waals surface area contributed by atoms with Gasteiger partial charge in [-0.25, -0.2) is 0 Å². The van der Waals surface area contributed by atoms with Crippen molar-refractivity contribution in [1.82, 2.24) is 0 Å². The van der Waals surface area contributed by atoms with Crippen molar-refractivity contribution in [3.8, 4) is 0 Å². The Bertz CT molecular complexity index is 142. The first kappa shape index (κ1) is 8.52. The molecule has 1 heterocycles. The Kier molecular flexibility index (Phi) is 2.37. The molecule has 2 aliphatic rings. The zero-order valence-corrected chi connectivity index (χ0v) is 7.70. The van der Waals surface area contributed by atoms with Crippen LogP contribution in [0.1, 0.15) is 39.0 Å². The van der Waals surface area contributed by atoms with Gasteiger partial charge in [0.05, 0.1) is 18.3 Å². The minimum Gasteiger partial charge on any atom is -0.391 e. The minimum absolute atomic E-state index is 0.123. The lowest BCUT2D eigenvalue weighted by molar-refractivity contribution is -0.0371. The average molecular weight is 170 g/mol. The Morgan fingerprint density at radius 1 is 1.33 bits per heavy atom. The van der Waals surface area contributed by atoms with Crippen LogP contribution in [0.2, 0.25) is 0 Å². The molecule has 1 N–H and O–H groups in total. The van der Waals surface area contributed by atoms with E-state index in [1.807, 2.05) is 6.92 Å². The van der Waals surface area contributed by atoms with E-state index >= 15 is 0 Å². The highest BCUT2D eigenvalue weighted by atomic mass is 16.5. The largest absolute Gasteiger partial charge is 0.391 e. The third-order valence-corrected chi connectivity index (χ3v) is 3.26. The number of hydrogen-bond acceptors (Lipinski definition) is 2. The number of hydrogen-bond donors (Lipinski definition) is 1. The molecule has 1 aliphatic heterocycles. The van der Waals surface area contributed by atoms with Crippen molar-refractivity contribution in [3.63, 3.8) is 0 Å². The molecule has 0 radical (unpaired) electrons. The normalized spacial score (nSPS) is 44.0. The highest BCUT2D eigenvalue weighted by Gasteiger charge is 2.38. The summed E-state index contributed by atoms with van der Waals surface area (Å²) in [4.78, 5) is 0. The molecule has 2 nitrogen and oxygen atoms in total. The molecule has 2 fully saturated rings. The Balaban J connectivity index is 1.94. The standard InChI is InChI=1S/C10H18O2/c1-7(11)10-6-8-4-2-3-5-9(8)12-10/h7-11H,2-6H2,1H3/t7-,8+,9-,10+/m1/s1. The predicted octanol–water partition coefficient (Wildman–Crippen LogP) is 1.71. The van der Waals surface area contributed by atoms with E-state index in [0.717, 1.165) is 12.3 Å². The summed E-state index contributed by atoms with van der Waals surface area (Å²) in [7, 11) is 0. The van der Waals surface area contributed by atoms with Crippen LogP contribution in [-0.4, -0.2) is 23.4 Å². The Hall–Kier alpha value is -0.0800. The molecule has 0 bridgehead atoms. The first-order valence-electron chi connectivity index (χ1n) is 5.11. The summed E-state index contributed by atoms with van der Waals surface area (Å²) < 4.78 is 5.78. The molecule has 0 aromatic heterocycles. The van der Waals surface area contributed by atoms with Crippen LogP contribution in [0.3, 0.4) is 0 Å². The van der Waals surface area contributed by atoms with Gasteiger partial charge in [-0.05, 0) is 32.1 Å². The fraction of sp³-hybridized carbons (Fsp3) is 1.00. The van der Waals surface area contributed by atoms with Crippen LogP contribution in [0, 0.1) is 5.92 Å². The van der Waals surface area contributed by atoms with E-state index in [4.69, 9.17) is 4.74 Å². The summed E-state index contributed by atoms with van der Waals surface area (Å²) in [5.74, 6) is 0.748. The molecule has 1 saturated heterocycles. The van der Waals surface area contributed by atoms with Gasteiger partial charge < -0.3 is 9.84 Å². The highest BCUT2D eigenvalue weighted by Crippen LogP contribution is 2.38. The third kappa shape index (κ3) is 1.50. The summed E-state index contributed by atoms with van der Waals surface area (Å²) >= 11 is 0. The summed E-state index contributed by atoms with van der Waals surface area (Å²) in [6, 6.07) is 0. The maximum absolute atomic E-state index is 9.37. The van der Waals surface area contributed by atoms with Crippen molar-refractivity contribution in [1.29, 1.82) is 0 Å². The molecule has 0 amide bonds. The highest BCUT2D eigenvalue weighted by molar-refractivity contribution is 4.87. The summed E-state index contributed by atoms with van der Waals surface area (Å²) in [5, 5.41) is 9.37. The second kappa shape index (κ2) is 3.35. The third-order valence-electron chi connectivity index (χ3n) is 3.26. The molecule has 0 aromatic carbocycles. The van der Waals surface area contributed by atoms with Gasteiger partial charge in [-0.3, -0.25) is 0 Å². The van der Waals surface area contributed by atoms with Crippen molar-refractivity contribution in [2.24, 2.45) is 5.92 Å². The lowest BCUT2D eigenvalue weighted by atomic mass is 9.85. The zero-order valence-electron chi connectivity index (χ0n) is 7.70. The van der Waals surface area contributed by atoms with E-state index in [2.05, 4.69) is 0 Å². The fourth-order valence-corrected chi connectivity index (χ4v) is 2.51. The van der Waals surface area contributed by atoms with E-state index in [9.17, 15) is 5.11 Å². The Morgan fingerprint density at radius 3 is 2.75 bits per heavy atom. The van der Waals surface area contributed by atoms with Crippen molar-refractivity contribution in [2.45, 2.75) is 57.3 Å². The maximum Gasteiger partial charge on any atom is 0.0838 e. The van der Waals surface area contributed by atoms with Crippen LogP contribution < -0.4 is 0 Å². The molecule has 1 aliphatic carbocycles. The van der Waals surface area contributed by atoms with Gasteiger partial charge in [-0.1, -0.05) is 12.8 Å². The number of fused-ring (bicyclic) bond motifs is 1. The van der Waals surface area contributed by atoms with Crippen LogP contribution in [-0.2, 0) is 4.74 Å². The zero-order chi connectivity index (χ0) is 8.55. The number of rotatable bonds is 1. The van der Waals surface area contributed by atoms with Gasteiger partial charge >= 0.3 is 0 Å². The molecule has 0 aromatic rings. The number of ether oxygens (including phenoxy) is 1. The Morgan fingerprint density at radius 2 is 2.08 bits per heavy atom. The second-order valence-electron chi connectivity index (χ2n) is 4.23. The minimum atomic E-state index is -0.282. The van der Waals surface area contributed by atoms with Crippen LogP contribution >= 0.6 is 0 Å². The van der Waals surface area contributed by atoms with E-state index in [0.29, 0.717) is 6.10 Å². The molecular weight excluding hydrogens is 152 g/mol. The van der Waals surface area contributed by atoms with Gasteiger partial charge in [0.15, 0.2) is 0 Å². The van der Waals surface area contributed by atoms with E-state index in [-0.39, 0.29) is 12.2 Å². The predicted molar refractivity (Wildman–Crippen MR) is 46.9 cm³/mol.